The zero-order valence-electron chi connectivity index (χ0n) is 18.4. The highest BCUT2D eigenvalue weighted by molar-refractivity contribution is 5.76. The van der Waals surface area contributed by atoms with E-state index in [1.807, 2.05) is 60.7 Å². The standard InChI is InChI=1S/C28H28FNO3/c29-23-13-11-22(12-14-23)28(33)16-15-24(21-9-5-2-6-10-21)27(26(31)32)19-30(18-25(27)28)17-20-7-3-1-4-8-20/h1-14,24-25,33H,15-19H2,(H,31,32)/p-1. The average Bonchev–Trinajstić information content (AvgIpc) is 3.22. The van der Waals surface area contributed by atoms with Crippen LogP contribution in [0.25, 0.3) is 0 Å². The predicted octanol–water partition coefficient (Wildman–Crippen LogP) is 3.46. The van der Waals surface area contributed by atoms with Gasteiger partial charge in [-0.1, -0.05) is 72.8 Å². The third kappa shape index (κ3) is 3.65. The van der Waals surface area contributed by atoms with Crippen molar-refractivity contribution in [2.45, 2.75) is 30.9 Å². The second-order valence-corrected chi connectivity index (χ2v) is 9.47. The van der Waals surface area contributed by atoms with E-state index in [0.717, 1.165) is 11.1 Å². The molecule has 0 aromatic heterocycles. The maximum Gasteiger partial charge on any atom is 0.123 e. The summed E-state index contributed by atoms with van der Waals surface area (Å²) in [6.45, 7) is 1.30. The van der Waals surface area contributed by atoms with Crippen LogP contribution in [0.3, 0.4) is 0 Å². The van der Waals surface area contributed by atoms with Crippen molar-refractivity contribution in [1.82, 2.24) is 4.90 Å². The highest BCUT2D eigenvalue weighted by Gasteiger charge is 2.63. The molecule has 5 rings (SSSR count). The van der Waals surface area contributed by atoms with Crippen molar-refractivity contribution in [3.05, 3.63) is 107 Å². The molecule has 2 aliphatic rings. The topological polar surface area (TPSA) is 63.6 Å². The number of hydrogen-bond acceptors (Lipinski definition) is 4. The lowest BCUT2D eigenvalue weighted by molar-refractivity contribution is -0.327. The number of halogens is 1. The summed E-state index contributed by atoms with van der Waals surface area (Å²) in [6.07, 6.45) is 0.901. The van der Waals surface area contributed by atoms with E-state index >= 15 is 0 Å². The van der Waals surface area contributed by atoms with Crippen LogP contribution in [0.15, 0.2) is 84.9 Å². The lowest BCUT2D eigenvalue weighted by Crippen LogP contribution is -2.59. The van der Waals surface area contributed by atoms with Crippen molar-refractivity contribution in [3.63, 3.8) is 0 Å². The monoisotopic (exact) mass is 444 g/mol. The van der Waals surface area contributed by atoms with E-state index in [1.165, 1.54) is 12.1 Å². The Morgan fingerprint density at radius 1 is 1.00 bits per heavy atom. The fraction of sp³-hybridized carbons (Fsp3) is 0.321. The summed E-state index contributed by atoms with van der Waals surface area (Å²) < 4.78 is 13.6. The lowest BCUT2D eigenvalue weighted by atomic mass is 9.53. The molecule has 170 valence electrons. The Balaban J connectivity index is 1.60. The van der Waals surface area contributed by atoms with Gasteiger partial charge in [-0.3, -0.25) is 4.90 Å². The van der Waals surface area contributed by atoms with Crippen molar-refractivity contribution in [2.75, 3.05) is 13.1 Å². The minimum Gasteiger partial charge on any atom is -0.549 e. The molecule has 1 saturated heterocycles. The fourth-order valence-electron chi connectivity index (χ4n) is 6.24. The Kier molecular flexibility index (Phi) is 5.55. The van der Waals surface area contributed by atoms with Gasteiger partial charge in [0.25, 0.3) is 0 Å². The van der Waals surface area contributed by atoms with E-state index in [9.17, 15) is 19.4 Å². The Labute approximate surface area is 193 Å². The van der Waals surface area contributed by atoms with Crippen LogP contribution in [-0.2, 0) is 16.9 Å². The summed E-state index contributed by atoms with van der Waals surface area (Å²) in [6, 6.07) is 25.4. The smallest absolute Gasteiger partial charge is 0.123 e. The zero-order chi connectivity index (χ0) is 23.1. The van der Waals surface area contributed by atoms with Crippen LogP contribution in [-0.4, -0.2) is 29.1 Å². The van der Waals surface area contributed by atoms with Crippen LogP contribution >= 0.6 is 0 Å². The van der Waals surface area contributed by atoms with E-state index in [4.69, 9.17) is 0 Å². The largest absolute Gasteiger partial charge is 0.549 e. The summed E-state index contributed by atoms with van der Waals surface area (Å²) in [5.41, 5.74) is -0.0459. The third-order valence-electron chi connectivity index (χ3n) is 7.74. The van der Waals surface area contributed by atoms with Gasteiger partial charge in [0.2, 0.25) is 0 Å². The molecule has 0 amide bonds. The highest BCUT2D eigenvalue weighted by Crippen LogP contribution is 2.60. The molecule has 1 aliphatic carbocycles. The van der Waals surface area contributed by atoms with Gasteiger partial charge in [0.15, 0.2) is 0 Å². The molecular formula is C28H27FNO3-. The van der Waals surface area contributed by atoms with Crippen molar-refractivity contribution in [3.8, 4) is 0 Å². The van der Waals surface area contributed by atoms with Gasteiger partial charge in [-0.2, -0.15) is 0 Å². The molecule has 1 aliphatic heterocycles. The van der Waals surface area contributed by atoms with Crippen molar-refractivity contribution < 1.29 is 19.4 Å². The Morgan fingerprint density at radius 2 is 1.64 bits per heavy atom. The van der Waals surface area contributed by atoms with Crippen LogP contribution < -0.4 is 5.11 Å². The molecule has 0 spiro atoms. The number of carbonyl (C=O) groups is 1. The second kappa shape index (κ2) is 8.40. The molecule has 1 saturated carbocycles. The molecule has 4 atom stereocenters. The van der Waals surface area contributed by atoms with Crippen LogP contribution in [0, 0.1) is 17.2 Å². The van der Waals surface area contributed by atoms with E-state index in [0.29, 0.717) is 31.5 Å². The van der Waals surface area contributed by atoms with Gasteiger partial charge in [0, 0.05) is 36.9 Å². The maximum absolute atomic E-state index is 13.6. The normalized spacial score (nSPS) is 29.5. The highest BCUT2D eigenvalue weighted by atomic mass is 19.1. The molecular weight excluding hydrogens is 417 g/mol. The van der Waals surface area contributed by atoms with Crippen molar-refractivity contribution in [1.29, 1.82) is 0 Å². The number of carbonyl (C=O) groups excluding carboxylic acids is 1. The van der Waals surface area contributed by atoms with Crippen LogP contribution in [0.2, 0.25) is 0 Å². The Hall–Kier alpha value is -3.02. The zero-order valence-corrected chi connectivity index (χ0v) is 18.4. The number of aliphatic hydroxyl groups is 1. The van der Waals surface area contributed by atoms with Gasteiger partial charge in [-0.05, 0) is 47.6 Å². The van der Waals surface area contributed by atoms with Gasteiger partial charge in [-0.15, -0.1) is 0 Å². The van der Waals surface area contributed by atoms with Gasteiger partial charge >= 0.3 is 0 Å². The number of carboxylic acids is 1. The van der Waals surface area contributed by atoms with E-state index in [1.54, 1.807) is 12.1 Å². The number of hydrogen-bond donors (Lipinski definition) is 1. The van der Waals surface area contributed by atoms with Crippen molar-refractivity contribution in [2.24, 2.45) is 11.3 Å². The van der Waals surface area contributed by atoms with Gasteiger partial charge in [0.1, 0.15) is 5.82 Å². The first-order chi connectivity index (χ1) is 15.9. The Morgan fingerprint density at radius 3 is 2.27 bits per heavy atom. The number of rotatable bonds is 5. The molecule has 1 N–H and O–H groups in total. The van der Waals surface area contributed by atoms with E-state index in [2.05, 4.69) is 4.90 Å². The summed E-state index contributed by atoms with van der Waals surface area (Å²) >= 11 is 0. The van der Waals surface area contributed by atoms with Crippen LogP contribution in [0.5, 0.6) is 0 Å². The molecule has 4 unspecified atom stereocenters. The molecule has 0 bridgehead atoms. The number of benzene rings is 3. The summed E-state index contributed by atoms with van der Waals surface area (Å²) in [5.74, 6) is -2.39. The molecule has 0 radical (unpaired) electrons. The molecule has 2 fully saturated rings. The molecule has 1 heterocycles. The van der Waals surface area contributed by atoms with Crippen LogP contribution in [0.1, 0.15) is 35.4 Å². The SMILES string of the molecule is O=C([O-])C12CN(Cc3ccccc3)CC1C(O)(c1ccc(F)cc1)CCC2c1ccccc1. The predicted molar refractivity (Wildman–Crippen MR) is 121 cm³/mol. The molecule has 4 nitrogen and oxygen atoms in total. The van der Waals surface area contributed by atoms with Gasteiger partial charge < -0.3 is 15.0 Å². The van der Waals surface area contributed by atoms with Crippen molar-refractivity contribution >= 4 is 5.97 Å². The summed E-state index contributed by atoms with van der Waals surface area (Å²) in [4.78, 5) is 15.1. The number of fused-ring (bicyclic) bond motifs is 1. The quantitative estimate of drug-likeness (QED) is 0.655. The second-order valence-electron chi connectivity index (χ2n) is 9.47. The summed E-state index contributed by atoms with van der Waals surface area (Å²) in [5, 5.41) is 25.0. The summed E-state index contributed by atoms with van der Waals surface area (Å²) in [7, 11) is 0. The van der Waals surface area contributed by atoms with Gasteiger partial charge in [0.05, 0.1) is 5.60 Å². The lowest BCUT2D eigenvalue weighted by Gasteiger charge is -2.53. The molecule has 5 heteroatoms. The van der Waals surface area contributed by atoms with E-state index < -0.39 is 22.9 Å². The number of carboxylic acid groups (broad SMARTS) is 1. The molecule has 3 aromatic carbocycles. The van der Waals surface area contributed by atoms with E-state index in [-0.39, 0.29) is 18.3 Å². The minimum absolute atomic E-state index is 0.282. The van der Waals surface area contributed by atoms with Gasteiger partial charge in [-0.25, -0.2) is 4.39 Å². The molecule has 33 heavy (non-hydrogen) atoms. The van der Waals surface area contributed by atoms with Crippen LogP contribution in [0.4, 0.5) is 4.39 Å². The average molecular weight is 445 g/mol. The number of likely N-dealkylation sites (tertiary alicyclic amines) is 1. The maximum atomic E-state index is 13.6. The number of aliphatic carboxylic acids is 1. The first-order valence-electron chi connectivity index (χ1n) is 11.4. The first kappa shape index (κ1) is 21.8. The fourth-order valence-corrected chi connectivity index (χ4v) is 6.24. The minimum atomic E-state index is -1.38. The Bertz CT molecular complexity index is 1120. The first-order valence-corrected chi connectivity index (χ1v) is 11.4. The molecule has 3 aromatic rings. The third-order valence-corrected chi connectivity index (χ3v) is 7.74. The number of nitrogens with zero attached hydrogens (tertiary/aromatic N) is 1.